The highest BCUT2D eigenvalue weighted by molar-refractivity contribution is 5.46. The van der Waals surface area contributed by atoms with Crippen LogP contribution in [0.5, 0.6) is 0 Å². The minimum absolute atomic E-state index is 0.579. The predicted octanol–water partition coefficient (Wildman–Crippen LogP) is 2.26. The van der Waals surface area contributed by atoms with E-state index in [2.05, 4.69) is 17.2 Å². The van der Waals surface area contributed by atoms with E-state index in [0.29, 0.717) is 11.9 Å². The topological polar surface area (TPSA) is 50.9 Å². The summed E-state index contributed by atoms with van der Waals surface area (Å²) < 4.78 is 0. The Hall–Kier alpha value is -1.25. The average Bonchev–Trinajstić information content (AvgIpc) is 2.56. The van der Waals surface area contributed by atoms with Crippen molar-refractivity contribution in [3.05, 3.63) is 18.3 Å². The summed E-state index contributed by atoms with van der Waals surface area (Å²) in [6, 6.07) is 4.45. The maximum absolute atomic E-state index is 5.52. The fraction of sp³-hybridized carbons (Fsp3) is 0.545. The number of anilines is 2. The lowest BCUT2D eigenvalue weighted by Crippen LogP contribution is -2.15. The van der Waals surface area contributed by atoms with Crippen molar-refractivity contribution in [2.45, 2.75) is 32.2 Å². The van der Waals surface area contributed by atoms with Crippen LogP contribution in [-0.2, 0) is 0 Å². The van der Waals surface area contributed by atoms with Gasteiger partial charge in [0.2, 0.25) is 0 Å². The number of nitrogens with one attached hydrogen (secondary N) is 1. The molecule has 0 amide bonds. The van der Waals surface area contributed by atoms with Crippen LogP contribution in [0, 0.1) is 5.92 Å². The Morgan fingerprint density at radius 3 is 2.86 bits per heavy atom. The zero-order valence-electron chi connectivity index (χ0n) is 8.53. The van der Waals surface area contributed by atoms with Crippen LogP contribution in [0.1, 0.15) is 26.2 Å². The van der Waals surface area contributed by atoms with Crippen molar-refractivity contribution in [3.8, 4) is 0 Å². The van der Waals surface area contributed by atoms with Crippen LogP contribution in [-0.4, -0.2) is 11.0 Å². The molecular weight excluding hydrogens is 174 g/mol. The number of pyridine rings is 1. The lowest BCUT2D eigenvalue weighted by atomic mass is 10.1. The molecule has 76 valence electrons. The maximum atomic E-state index is 5.52. The third-order valence-electron chi connectivity index (χ3n) is 2.85. The van der Waals surface area contributed by atoms with Crippen LogP contribution >= 0.6 is 0 Å². The molecule has 1 aliphatic carbocycles. The quantitative estimate of drug-likeness (QED) is 0.754. The number of nitrogens with two attached hydrogens (primary N) is 1. The lowest BCUT2D eigenvalue weighted by molar-refractivity contribution is 0.602. The monoisotopic (exact) mass is 191 g/mol. The number of rotatable bonds is 2. The summed E-state index contributed by atoms with van der Waals surface area (Å²) in [4.78, 5) is 4.06. The van der Waals surface area contributed by atoms with Crippen LogP contribution < -0.4 is 11.1 Å². The number of nitrogens with zero attached hydrogens (tertiary/aromatic N) is 1. The second kappa shape index (κ2) is 3.86. The smallest absolute Gasteiger partial charge is 0.123 e. The van der Waals surface area contributed by atoms with Crippen molar-refractivity contribution in [2.75, 3.05) is 11.1 Å². The van der Waals surface area contributed by atoms with Crippen molar-refractivity contribution in [2.24, 2.45) is 5.92 Å². The molecule has 1 aromatic rings. The third kappa shape index (κ3) is 2.16. The Balaban J connectivity index is 1.94. The van der Waals surface area contributed by atoms with E-state index < -0.39 is 0 Å². The second-order valence-corrected chi connectivity index (χ2v) is 4.23. The van der Waals surface area contributed by atoms with Gasteiger partial charge in [0.1, 0.15) is 5.82 Å². The van der Waals surface area contributed by atoms with E-state index in [0.717, 1.165) is 11.6 Å². The van der Waals surface area contributed by atoms with Gasteiger partial charge in [-0.2, -0.15) is 0 Å². The average molecular weight is 191 g/mol. The first-order valence-corrected chi connectivity index (χ1v) is 5.22. The molecule has 0 radical (unpaired) electrons. The largest absolute Gasteiger partial charge is 0.384 e. The zero-order valence-corrected chi connectivity index (χ0v) is 8.53. The van der Waals surface area contributed by atoms with E-state index in [4.69, 9.17) is 5.73 Å². The molecule has 3 N–H and O–H groups in total. The number of nitrogen functional groups attached to an aromatic ring is 1. The highest BCUT2D eigenvalue weighted by atomic mass is 14.9. The molecule has 0 saturated heterocycles. The predicted molar refractivity (Wildman–Crippen MR) is 59.1 cm³/mol. The molecule has 0 aromatic carbocycles. The molecule has 1 saturated carbocycles. The Kier molecular flexibility index (Phi) is 2.57. The molecule has 2 unspecified atom stereocenters. The van der Waals surface area contributed by atoms with Crippen LogP contribution in [0.4, 0.5) is 11.5 Å². The minimum atomic E-state index is 0.579. The molecular formula is C11H17N3. The first-order chi connectivity index (χ1) is 6.74. The minimum Gasteiger partial charge on any atom is -0.384 e. The van der Waals surface area contributed by atoms with Crippen LogP contribution in [0.2, 0.25) is 0 Å². The number of aromatic nitrogens is 1. The van der Waals surface area contributed by atoms with Crippen LogP contribution in [0.3, 0.4) is 0 Å². The molecule has 1 aliphatic rings. The van der Waals surface area contributed by atoms with Gasteiger partial charge in [-0.3, -0.25) is 0 Å². The van der Waals surface area contributed by atoms with Crippen LogP contribution in [0.15, 0.2) is 18.3 Å². The van der Waals surface area contributed by atoms with Gasteiger partial charge in [0.05, 0.1) is 11.9 Å². The van der Waals surface area contributed by atoms with E-state index >= 15 is 0 Å². The number of hydrogen-bond donors (Lipinski definition) is 2. The van der Waals surface area contributed by atoms with Gasteiger partial charge in [-0.15, -0.1) is 0 Å². The molecule has 0 spiro atoms. The third-order valence-corrected chi connectivity index (χ3v) is 2.85. The summed E-state index contributed by atoms with van der Waals surface area (Å²) in [6.45, 7) is 2.31. The lowest BCUT2D eigenvalue weighted by Gasteiger charge is -2.13. The Labute approximate surface area is 84.7 Å². The number of hydrogen-bond acceptors (Lipinski definition) is 3. The molecule has 14 heavy (non-hydrogen) atoms. The molecule has 1 heterocycles. The Morgan fingerprint density at radius 2 is 2.29 bits per heavy atom. The molecule has 1 fully saturated rings. The molecule has 1 aromatic heterocycles. The van der Waals surface area contributed by atoms with Gasteiger partial charge in [-0.05, 0) is 37.3 Å². The summed E-state index contributed by atoms with van der Waals surface area (Å²) in [7, 11) is 0. The summed E-state index contributed by atoms with van der Waals surface area (Å²) in [5.74, 6) is 1.43. The van der Waals surface area contributed by atoms with E-state index in [1.165, 1.54) is 19.3 Å². The van der Waals surface area contributed by atoms with Gasteiger partial charge in [-0.1, -0.05) is 6.92 Å². The summed E-state index contributed by atoms with van der Waals surface area (Å²) in [6.07, 6.45) is 5.67. The molecule has 3 nitrogen and oxygen atoms in total. The fourth-order valence-electron chi connectivity index (χ4n) is 2.06. The zero-order chi connectivity index (χ0) is 9.97. The second-order valence-electron chi connectivity index (χ2n) is 4.23. The molecule has 3 heteroatoms. The van der Waals surface area contributed by atoms with Crippen molar-refractivity contribution in [3.63, 3.8) is 0 Å². The van der Waals surface area contributed by atoms with Crippen LogP contribution in [0.25, 0.3) is 0 Å². The van der Waals surface area contributed by atoms with Crippen molar-refractivity contribution < 1.29 is 0 Å². The van der Waals surface area contributed by atoms with Gasteiger partial charge < -0.3 is 11.1 Å². The maximum Gasteiger partial charge on any atom is 0.123 e. The van der Waals surface area contributed by atoms with E-state index in [1.54, 1.807) is 6.20 Å². The molecule has 0 aliphatic heterocycles. The molecule has 2 rings (SSSR count). The molecule has 0 bridgehead atoms. The van der Waals surface area contributed by atoms with E-state index in [1.807, 2.05) is 12.1 Å². The van der Waals surface area contributed by atoms with Crippen molar-refractivity contribution in [1.29, 1.82) is 0 Å². The SMILES string of the molecule is CC1CCC(Nc2ccc(N)nc2)C1. The van der Waals surface area contributed by atoms with Gasteiger partial charge in [0.15, 0.2) is 0 Å². The van der Waals surface area contributed by atoms with Gasteiger partial charge in [0, 0.05) is 6.04 Å². The summed E-state index contributed by atoms with van der Waals surface area (Å²) in [5.41, 5.74) is 6.60. The van der Waals surface area contributed by atoms with Gasteiger partial charge in [0.25, 0.3) is 0 Å². The molecule has 2 atom stereocenters. The van der Waals surface area contributed by atoms with Crippen molar-refractivity contribution >= 4 is 11.5 Å². The highest BCUT2D eigenvalue weighted by Gasteiger charge is 2.20. The first-order valence-electron chi connectivity index (χ1n) is 5.22. The van der Waals surface area contributed by atoms with Gasteiger partial charge >= 0.3 is 0 Å². The summed E-state index contributed by atoms with van der Waals surface area (Å²) in [5, 5.41) is 3.48. The fourth-order valence-corrected chi connectivity index (χ4v) is 2.06. The standard InChI is InChI=1S/C11H17N3/c1-8-2-3-9(6-8)14-10-4-5-11(12)13-7-10/h4-5,7-9,14H,2-3,6H2,1H3,(H2,12,13). The Morgan fingerprint density at radius 1 is 1.43 bits per heavy atom. The highest BCUT2D eigenvalue weighted by Crippen LogP contribution is 2.27. The first kappa shape index (κ1) is 9.31. The summed E-state index contributed by atoms with van der Waals surface area (Å²) >= 11 is 0. The van der Waals surface area contributed by atoms with Gasteiger partial charge in [-0.25, -0.2) is 4.98 Å². The Bertz CT molecular complexity index is 294. The van der Waals surface area contributed by atoms with E-state index in [-0.39, 0.29) is 0 Å². The van der Waals surface area contributed by atoms with E-state index in [9.17, 15) is 0 Å². The van der Waals surface area contributed by atoms with Crippen molar-refractivity contribution in [1.82, 2.24) is 4.98 Å². The normalized spacial score (nSPS) is 26.4.